The number of aromatic hydroxyl groups is 1. The Balaban J connectivity index is 1.61. The quantitative estimate of drug-likeness (QED) is 0.191. The molecule has 0 aliphatic heterocycles. The zero-order valence-electron chi connectivity index (χ0n) is 16.4. The van der Waals surface area contributed by atoms with E-state index < -0.39 is 5.97 Å². The van der Waals surface area contributed by atoms with E-state index >= 15 is 0 Å². The van der Waals surface area contributed by atoms with E-state index in [0.29, 0.717) is 17.9 Å². The van der Waals surface area contributed by atoms with Crippen LogP contribution in [0.1, 0.15) is 61.7 Å². The first kappa shape index (κ1) is 21.5. The Morgan fingerprint density at radius 2 is 1.39 bits per heavy atom. The molecule has 0 bridgehead atoms. The molecule has 1 N–H and O–H groups in total. The van der Waals surface area contributed by atoms with Gasteiger partial charge in [0.15, 0.2) is 0 Å². The molecule has 0 saturated carbocycles. The van der Waals surface area contributed by atoms with Crippen molar-refractivity contribution in [1.82, 2.24) is 0 Å². The first-order valence-corrected chi connectivity index (χ1v) is 10.0. The monoisotopic (exact) mass is 382 g/mol. The Morgan fingerprint density at radius 1 is 0.821 bits per heavy atom. The highest BCUT2D eigenvalue weighted by atomic mass is 16.5. The molecule has 0 atom stereocenters. The van der Waals surface area contributed by atoms with Gasteiger partial charge in [-0.25, -0.2) is 4.79 Å². The van der Waals surface area contributed by atoms with Crippen LogP contribution in [0.25, 0.3) is 0 Å². The highest BCUT2D eigenvalue weighted by Gasteiger charge is 2.08. The van der Waals surface area contributed by atoms with Crippen LogP contribution < -0.4 is 9.47 Å². The summed E-state index contributed by atoms with van der Waals surface area (Å²) >= 11 is 0. The highest BCUT2D eigenvalue weighted by Crippen LogP contribution is 2.19. The van der Waals surface area contributed by atoms with Crippen LogP contribution in [0.15, 0.2) is 61.2 Å². The fourth-order valence-electron chi connectivity index (χ4n) is 2.83. The number of unbranched alkanes of at least 4 members (excludes halogenated alkanes) is 7. The largest absolute Gasteiger partial charge is 0.508 e. The van der Waals surface area contributed by atoms with E-state index in [9.17, 15) is 9.90 Å². The molecule has 0 aliphatic rings. The fraction of sp³-hybridized carbons (Fsp3) is 0.375. The van der Waals surface area contributed by atoms with E-state index in [1.165, 1.54) is 50.7 Å². The van der Waals surface area contributed by atoms with Crippen molar-refractivity contribution in [2.24, 2.45) is 0 Å². The maximum Gasteiger partial charge on any atom is 0.343 e. The van der Waals surface area contributed by atoms with Crippen LogP contribution in [-0.4, -0.2) is 17.7 Å². The normalized spacial score (nSPS) is 10.4. The number of hydrogen-bond donors (Lipinski definition) is 1. The Hall–Kier alpha value is -2.75. The standard InChI is InChI=1S/C24H30O4/c1-2-3-4-5-6-7-8-9-10-19-27-22-15-11-20(12-16-22)24(26)28-23-17-13-21(25)14-18-23/h2,11-18,25H,1,3-10,19H2. The van der Waals surface area contributed by atoms with Crippen molar-refractivity contribution < 1.29 is 19.4 Å². The van der Waals surface area contributed by atoms with Gasteiger partial charge in [-0.05, 0) is 67.8 Å². The third kappa shape index (κ3) is 8.30. The van der Waals surface area contributed by atoms with Crippen LogP contribution in [-0.2, 0) is 0 Å². The van der Waals surface area contributed by atoms with E-state index in [0.717, 1.165) is 18.6 Å². The number of benzene rings is 2. The predicted octanol–water partition coefficient (Wildman–Crippen LogP) is 6.30. The number of allylic oxidation sites excluding steroid dienone is 1. The van der Waals surface area contributed by atoms with Crippen LogP contribution >= 0.6 is 0 Å². The second kappa shape index (κ2) is 12.6. The maximum absolute atomic E-state index is 12.1. The van der Waals surface area contributed by atoms with Gasteiger partial charge in [0.05, 0.1) is 12.2 Å². The molecule has 0 spiro atoms. The second-order valence-electron chi connectivity index (χ2n) is 6.81. The molecule has 0 saturated heterocycles. The third-order valence-electron chi connectivity index (χ3n) is 4.46. The van der Waals surface area contributed by atoms with E-state index in [1.54, 1.807) is 36.4 Å². The minimum Gasteiger partial charge on any atom is -0.508 e. The molecule has 0 heterocycles. The number of esters is 1. The average molecular weight is 383 g/mol. The summed E-state index contributed by atoms with van der Waals surface area (Å²) in [6.45, 7) is 4.43. The van der Waals surface area contributed by atoms with E-state index in [4.69, 9.17) is 9.47 Å². The van der Waals surface area contributed by atoms with Gasteiger partial charge in [0.1, 0.15) is 17.2 Å². The average Bonchev–Trinajstić information content (AvgIpc) is 2.71. The summed E-state index contributed by atoms with van der Waals surface area (Å²) in [6.07, 6.45) is 11.7. The lowest BCUT2D eigenvalue weighted by Gasteiger charge is -2.08. The molecule has 0 unspecified atom stereocenters. The SMILES string of the molecule is C=CCCCCCCCCCOc1ccc(C(=O)Oc2ccc(O)cc2)cc1. The molecule has 0 fully saturated rings. The Bertz CT molecular complexity index is 704. The van der Waals surface area contributed by atoms with Crippen LogP contribution in [0, 0.1) is 0 Å². The molecule has 2 aromatic rings. The smallest absolute Gasteiger partial charge is 0.343 e. The lowest BCUT2D eigenvalue weighted by atomic mass is 10.1. The molecule has 28 heavy (non-hydrogen) atoms. The summed E-state index contributed by atoms with van der Waals surface area (Å²) in [4.78, 5) is 12.1. The Labute approximate surface area is 167 Å². The molecule has 4 heteroatoms. The Kier molecular flexibility index (Phi) is 9.70. The molecule has 150 valence electrons. The molecule has 2 aromatic carbocycles. The van der Waals surface area contributed by atoms with Crippen LogP contribution in [0.5, 0.6) is 17.2 Å². The fourth-order valence-corrected chi connectivity index (χ4v) is 2.83. The number of carbonyl (C=O) groups is 1. The van der Waals surface area contributed by atoms with Crippen LogP contribution in [0.3, 0.4) is 0 Å². The first-order valence-electron chi connectivity index (χ1n) is 10.0. The molecule has 0 aliphatic carbocycles. The Morgan fingerprint density at radius 3 is 2.04 bits per heavy atom. The lowest BCUT2D eigenvalue weighted by Crippen LogP contribution is -2.08. The minimum atomic E-state index is -0.440. The van der Waals surface area contributed by atoms with Crippen molar-refractivity contribution in [1.29, 1.82) is 0 Å². The predicted molar refractivity (Wildman–Crippen MR) is 112 cm³/mol. The summed E-state index contributed by atoms with van der Waals surface area (Å²) in [5.74, 6) is 0.838. The number of carbonyl (C=O) groups excluding carboxylic acids is 1. The topological polar surface area (TPSA) is 55.8 Å². The molecular weight excluding hydrogens is 352 g/mol. The van der Waals surface area contributed by atoms with Gasteiger partial charge in [0.25, 0.3) is 0 Å². The third-order valence-corrected chi connectivity index (χ3v) is 4.46. The number of ether oxygens (including phenoxy) is 2. The van der Waals surface area contributed by atoms with Crippen molar-refractivity contribution in [2.75, 3.05) is 6.61 Å². The first-order chi connectivity index (χ1) is 13.7. The highest BCUT2D eigenvalue weighted by molar-refractivity contribution is 5.91. The van der Waals surface area contributed by atoms with Crippen LogP contribution in [0.4, 0.5) is 0 Å². The summed E-state index contributed by atoms with van der Waals surface area (Å²) in [5, 5.41) is 9.25. The molecular formula is C24H30O4. The molecule has 0 aromatic heterocycles. The van der Waals surface area contributed by atoms with Crippen molar-refractivity contribution in [2.45, 2.75) is 51.4 Å². The summed E-state index contributed by atoms with van der Waals surface area (Å²) in [5.41, 5.74) is 0.455. The zero-order valence-corrected chi connectivity index (χ0v) is 16.4. The number of hydrogen-bond acceptors (Lipinski definition) is 4. The summed E-state index contributed by atoms with van der Waals surface area (Å²) < 4.78 is 11.0. The molecule has 2 rings (SSSR count). The van der Waals surface area contributed by atoms with Crippen molar-refractivity contribution in [3.63, 3.8) is 0 Å². The van der Waals surface area contributed by atoms with Gasteiger partial charge in [-0.15, -0.1) is 6.58 Å². The van der Waals surface area contributed by atoms with Gasteiger partial charge in [0.2, 0.25) is 0 Å². The van der Waals surface area contributed by atoms with Gasteiger partial charge in [-0.2, -0.15) is 0 Å². The van der Waals surface area contributed by atoms with E-state index in [2.05, 4.69) is 6.58 Å². The van der Waals surface area contributed by atoms with Crippen molar-refractivity contribution in [3.8, 4) is 17.2 Å². The number of phenols is 1. The van der Waals surface area contributed by atoms with Gasteiger partial charge in [0, 0.05) is 0 Å². The molecule has 0 radical (unpaired) electrons. The van der Waals surface area contributed by atoms with Crippen LogP contribution in [0.2, 0.25) is 0 Å². The lowest BCUT2D eigenvalue weighted by molar-refractivity contribution is 0.0734. The zero-order chi connectivity index (χ0) is 20.0. The maximum atomic E-state index is 12.1. The van der Waals surface area contributed by atoms with Crippen molar-refractivity contribution in [3.05, 3.63) is 66.7 Å². The molecule has 0 amide bonds. The molecule has 4 nitrogen and oxygen atoms in total. The summed E-state index contributed by atoms with van der Waals surface area (Å²) in [6, 6.07) is 13.0. The number of phenolic OH excluding ortho intramolecular Hbond substituents is 1. The summed E-state index contributed by atoms with van der Waals surface area (Å²) in [7, 11) is 0. The van der Waals surface area contributed by atoms with Gasteiger partial charge in [-0.3, -0.25) is 0 Å². The minimum absolute atomic E-state index is 0.129. The van der Waals surface area contributed by atoms with Crippen molar-refractivity contribution >= 4 is 5.97 Å². The number of rotatable bonds is 13. The van der Waals surface area contributed by atoms with E-state index in [1.807, 2.05) is 6.08 Å². The van der Waals surface area contributed by atoms with Gasteiger partial charge in [-0.1, -0.05) is 38.2 Å². The van der Waals surface area contributed by atoms with E-state index in [-0.39, 0.29) is 5.75 Å². The second-order valence-corrected chi connectivity index (χ2v) is 6.81. The van der Waals surface area contributed by atoms with Gasteiger partial charge >= 0.3 is 5.97 Å². The van der Waals surface area contributed by atoms with Gasteiger partial charge < -0.3 is 14.6 Å².